The Balaban J connectivity index is 0.000000183. The van der Waals surface area contributed by atoms with E-state index in [2.05, 4.69) is 37.4 Å². The second kappa shape index (κ2) is 12.6. The van der Waals surface area contributed by atoms with Crippen LogP contribution in [0.15, 0.2) is 30.3 Å². The molecule has 3 fully saturated rings. The summed E-state index contributed by atoms with van der Waals surface area (Å²) in [6.45, 7) is 6.15. The molecule has 2 N–H and O–H groups in total. The van der Waals surface area contributed by atoms with E-state index >= 15 is 0 Å². The van der Waals surface area contributed by atoms with Gasteiger partial charge in [-0.2, -0.15) is 5.26 Å². The van der Waals surface area contributed by atoms with Crippen LogP contribution < -0.4 is 5.32 Å². The number of hydrogen-bond acceptors (Lipinski definition) is 4. The number of aliphatic hydroxyl groups is 1. The number of fused-ring (bicyclic) bond motifs is 1. The Kier molecular flexibility index (Phi) is 10.2. The fourth-order valence-corrected chi connectivity index (χ4v) is 4.48. The fraction of sp³-hybridized carbons (Fsp3) is 0.667. The summed E-state index contributed by atoms with van der Waals surface area (Å²) in [7, 11) is 0. The molecular formula is C24H37N3O2. The molecule has 0 aromatic heterocycles. The van der Waals surface area contributed by atoms with Gasteiger partial charge in [-0.25, -0.2) is 0 Å². The topological polar surface area (TPSA) is 76.4 Å². The summed E-state index contributed by atoms with van der Waals surface area (Å²) in [6, 6.07) is 13.2. The van der Waals surface area contributed by atoms with Crippen molar-refractivity contribution >= 4 is 5.91 Å². The van der Waals surface area contributed by atoms with E-state index < -0.39 is 0 Å². The molecule has 160 valence electrons. The first-order valence-corrected chi connectivity index (χ1v) is 11.2. The maximum Gasteiger partial charge on any atom is 0.223 e. The maximum atomic E-state index is 11.7. The van der Waals surface area contributed by atoms with E-state index in [1.54, 1.807) is 0 Å². The number of hydrogen-bond donors (Lipinski definition) is 2. The van der Waals surface area contributed by atoms with Gasteiger partial charge in [-0.05, 0) is 31.2 Å². The highest BCUT2D eigenvalue weighted by molar-refractivity contribution is 5.77. The van der Waals surface area contributed by atoms with Gasteiger partial charge < -0.3 is 15.3 Å². The van der Waals surface area contributed by atoms with E-state index in [9.17, 15) is 4.79 Å². The molecule has 1 aromatic carbocycles. The lowest BCUT2D eigenvalue weighted by Gasteiger charge is -2.27. The highest BCUT2D eigenvalue weighted by atomic mass is 16.3. The molecule has 0 spiro atoms. The molecule has 4 rings (SSSR count). The number of aliphatic hydroxyl groups excluding tert-OH is 1. The Hall–Kier alpha value is -1.90. The monoisotopic (exact) mass is 399 g/mol. The van der Waals surface area contributed by atoms with Gasteiger partial charge in [0.25, 0.3) is 0 Å². The lowest BCUT2D eigenvalue weighted by Crippen LogP contribution is -2.41. The molecule has 0 radical (unpaired) electrons. The van der Waals surface area contributed by atoms with Crippen LogP contribution in [0.3, 0.4) is 0 Å². The Labute approximate surface area is 176 Å². The second-order valence-corrected chi connectivity index (χ2v) is 8.23. The van der Waals surface area contributed by atoms with Crippen molar-refractivity contribution in [1.82, 2.24) is 10.2 Å². The number of amides is 1. The van der Waals surface area contributed by atoms with E-state index in [0.717, 1.165) is 38.8 Å². The molecule has 3 aliphatic rings. The van der Waals surface area contributed by atoms with Gasteiger partial charge in [-0.1, -0.05) is 57.0 Å². The van der Waals surface area contributed by atoms with Crippen LogP contribution in [0.4, 0.5) is 0 Å². The molecule has 5 heteroatoms. The molecule has 0 bridgehead atoms. The minimum Gasteiger partial charge on any atom is -0.394 e. The van der Waals surface area contributed by atoms with Crippen LogP contribution in [0.2, 0.25) is 0 Å². The largest absolute Gasteiger partial charge is 0.394 e. The summed E-state index contributed by atoms with van der Waals surface area (Å²) in [5.41, 5.74) is 1.28. The number of nitriles is 1. The highest BCUT2D eigenvalue weighted by Gasteiger charge is 2.36. The van der Waals surface area contributed by atoms with Crippen LogP contribution in [0.5, 0.6) is 0 Å². The normalized spacial score (nSPS) is 28.2. The van der Waals surface area contributed by atoms with Gasteiger partial charge in [-0.3, -0.25) is 4.79 Å². The number of nitrogens with zero attached hydrogens (tertiary/aromatic N) is 2. The maximum absolute atomic E-state index is 11.7. The summed E-state index contributed by atoms with van der Waals surface area (Å²) in [4.78, 5) is 13.6. The van der Waals surface area contributed by atoms with Crippen molar-refractivity contribution < 1.29 is 9.90 Å². The smallest absolute Gasteiger partial charge is 0.223 e. The van der Waals surface area contributed by atoms with Crippen molar-refractivity contribution in [1.29, 1.82) is 5.26 Å². The average Bonchev–Trinajstić information content (AvgIpc) is 3.35. The molecule has 1 aromatic rings. The molecule has 3 heterocycles. The molecule has 0 aliphatic carbocycles. The van der Waals surface area contributed by atoms with Gasteiger partial charge >= 0.3 is 0 Å². The van der Waals surface area contributed by atoms with E-state index in [0.29, 0.717) is 18.4 Å². The predicted molar refractivity (Wildman–Crippen MR) is 116 cm³/mol. The van der Waals surface area contributed by atoms with Crippen molar-refractivity contribution in [2.24, 2.45) is 5.92 Å². The van der Waals surface area contributed by atoms with Gasteiger partial charge in [0.05, 0.1) is 24.6 Å². The molecule has 3 saturated heterocycles. The summed E-state index contributed by atoms with van der Waals surface area (Å²) in [6.07, 6.45) is 7.37. The summed E-state index contributed by atoms with van der Waals surface area (Å²) < 4.78 is 0. The first-order chi connectivity index (χ1) is 14.2. The quantitative estimate of drug-likeness (QED) is 0.792. The van der Waals surface area contributed by atoms with Gasteiger partial charge in [0.15, 0.2) is 0 Å². The van der Waals surface area contributed by atoms with Crippen molar-refractivity contribution in [2.75, 3.05) is 19.7 Å². The Morgan fingerprint density at radius 1 is 1.14 bits per heavy atom. The van der Waals surface area contributed by atoms with Crippen LogP contribution in [0, 0.1) is 17.2 Å². The summed E-state index contributed by atoms with van der Waals surface area (Å²) in [5, 5.41) is 21.3. The lowest BCUT2D eigenvalue weighted by molar-refractivity contribution is -0.134. The molecular weight excluding hydrogens is 362 g/mol. The molecule has 4 atom stereocenters. The minimum atomic E-state index is 0.121. The van der Waals surface area contributed by atoms with Crippen LogP contribution in [-0.2, 0) is 4.79 Å². The molecule has 29 heavy (non-hydrogen) atoms. The first-order valence-electron chi connectivity index (χ1n) is 11.2. The molecule has 3 aliphatic heterocycles. The first kappa shape index (κ1) is 23.4. The van der Waals surface area contributed by atoms with Crippen molar-refractivity contribution in [2.45, 2.75) is 76.8 Å². The molecule has 1 amide bonds. The van der Waals surface area contributed by atoms with Crippen LogP contribution >= 0.6 is 0 Å². The zero-order valence-electron chi connectivity index (χ0n) is 18.0. The van der Waals surface area contributed by atoms with Gasteiger partial charge in [-0.15, -0.1) is 0 Å². The Bertz CT molecular complexity index is 643. The third-order valence-corrected chi connectivity index (χ3v) is 5.90. The molecule has 0 saturated carbocycles. The van der Waals surface area contributed by atoms with Gasteiger partial charge in [0, 0.05) is 31.5 Å². The number of benzene rings is 1. The van der Waals surface area contributed by atoms with E-state index in [1.807, 2.05) is 23.1 Å². The number of carbonyl (C=O) groups excluding carboxylic acids is 1. The fourth-order valence-electron chi connectivity index (χ4n) is 4.48. The second-order valence-electron chi connectivity index (χ2n) is 8.23. The number of rotatable bonds is 2. The van der Waals surface area contributed by atoms with Crippen LogP contribution in [0.1, 0.15) is 70.3 Å². The zero-order chi connectivity index (χ0) is 21.1. The standard InChI is InChI=1S/C11H12N2.C10H17NO2.C3H8/c12-6-10-7-13-8-11(10)9-4-2-1-3-5-9;12-7-9-6-5-8-3-1-2-4-10(13)11(8)9;1-3-2/h1-5,10-11,13H,7-8H2;8-9,12H,1-7H2;3H2,1-2H3/t10-,11+;8-,9-;/m10./s1. The van der Waals surface area contributed by atoms with Crippen molar-refractivity contribution in [3.63, 3.8) is 0 Å². The number of nitrogens with one attached hydrogen (secondary N) is 1. The third kappa shape index (κ3) is 6.55. The summed E-state index contributed by atoms with van der Waals surface area (Å²) >= 11 is 0. The average molecular weight is 400 g/mol. The third-order valence-electron chi connectivity index (χ3n) is 5.90. The molecule has 5 nitrogen and oxygen atoms in total. The van der Waals surface area contributed by atoms with E-state index in [1.165, 1.54) is 18.4 Å². The Morgan fingerprint density at radius 3 is 2.52 bits per heavy atom. The van der Waals surface area contributed by atoms with E-state index in [-0.39, 0.29) is 24.5 Å². The SMILES string of the molecule is CCC.N#C[C@@H]1CNC[C@H]1c1ccccc1.O=C1CCCC[C@H]2CC[C@@H](CO)N12. The lowest BCUT2D eigenvalue weighted by atomic mass is 9.90. The highest BCUT2D eigenvalue weighted by Crippen LogP contribution is 2.31. The number of carbonyl (C=O) groups is 1. The minimum absolute atomic E-state index is 0.121. The predicted octanol–water partition coefficient (Wildman–Crippen LogP) is 3.84. The Morgan fingerprint density at radius 2 is 1.86 bits per heavy atom. The van der Waals surface area contributed by atoms with Gasteiger partial charge in [0.1, 0.15) is 0 Å². The van der Waals surface area contributed by atoms with Gasteiger partial charge in [0.2, 0.25) is 5.91 Å². The van der Waals surface area contributed by atoms with Crippen molar-refractivity contribution in [3.05, 3.63) is 35.9 Å². The zero-order valence-corrected chi connectivity index (χ0v) is 18.0. The van der Waals surface area contributed by atoms with Crippen LogP contribution in [-0.4, -0.2) is 47.7 Å². The van der Waals surface area contributed by atoms with E-state index in [4.69, 9.17) is 10.4 Å². The summed E-state index contributed by atoms with van der Waals surface area (Å²) in [5.74, 6) is 0.785. The molecule has 0 unspecified atom stereocenters. The van der Waals surface area contributed by atoms with Crippen LogP contribution in [0.25, 0.3) is 0 Å². The van der Waals surface area contributed by atoms with Crippen molar-refractivity contribution in [3.8, 4) is 6.07 Å².